The third-order valence-corrected chi connectivity index (χ3v) is 7.18. The van der Waals surface area contributed by atoms with Gasteiger partial charge in [-0.15, -0.1) is 0 Å². The molecule has 1 amide bonds. The van der Waals surface area contributed by atoms with Crippen molar-refractivity contribution in [3.05, 3.63) is 64.2 Å². The van der Waals surface area contributed by atoms with Gasteiger partial charge in [-0.3, -0.25) is 4.79 Å². The first kappa shape index (κ1) is 28.1. The molecule has 36 heavy (non-hydrogen) atoms. The zero-order valence-corrected chi connectivity index (χ0v) is 20.2. The molecular formula is C22H21ClF6N2O4S. The van der Waals surface area contributed by atoms with Gasteiger partial charge in [0.05, 0.1) is 22.2 Å². The molecule has 0 aliphatic carbocycles. The molecule has 1 fully saturated rings. The fourth-order valence-electron chi connectivity index (χ4n) is 3.99. The molecule has 1 aliphatic heterocycles. The second-order valence-corrected chi connectivity index (χ2v) is 10.3. The lowest BCUT2D eigenvalue weighted by molar-refractivity contribution is -0.137. The van der Waals surface area contributed by atoms with E-state index in [2.05, 4.69) is 14.8 Å². The number of carbonyl (C=O) groups is 1. The highest BCUT2D eigenvalue weighted by atomic mass is 35.5. The molecule has 2 N–H and O–H groups in total. The van der Waals surface area contributed by atoms with Gasteiger partial charge in [0.25, 0.3) is 5.91 Å². The van der Waals surface area contributed by atoms with Crippen LogP contribution in [0.1, 0.15) is 53.7 Å². The van der Waals surface area contributed by atoms with Crippen molar-refractivity contribution in [3.63, 3.8) is 0 Å². The maximum absolute atomic E-state index is 13.3. The Morgan fingerprint density at radius 1 is 1.11 bits per heavy atom. The van der Waals surface area contributed by atoms with Crippen molar-refractivity contribution >= 4 is 27.6 Å². The summed E-state index contributed by atoms with van der Waals surface area (Å²) >= 11 is 5.89. The van der Waals surface area contributed by atoms with Gasteiger partial charge in [0.1, 0.15) is 5.75 Å². The normalized spacial score (nSPS) is 20.0. The first-order chi connectivity index (χ1) is 16.6. The minimum absolute atomic E-state index is 0.165. The molecule has 0 aromatic heterocycles. The van der Waals surface area contributed by atoms with E-state index in [1.807, 2.05) is 0 Å². The van der Waals surface area contributed by atoms with Gasteiger partial charge in [-0.2, -0.15) is 34.8 Å². The van der Waals surface area contributed by atoms with Crippen LogP contribution in [0, 0.1) is 0 Å². The van der Waals surface area contributed by atoms with Gasteiger partial charge in [0.2, 0.25) is 0 Å². The summed E-state index contributed by atoms with van der Waals surface area (Å²) in [5.41, 5.74) is -8.04. The second-order valence-electron chi connectivity index (χ2n) is 8.43. The summed E-state index contributed by atoms with van der Waals surface area (Å²) in [5.74, 6) is -1.61. The Morgan fingerprint density at radius 2 is 1.78 bits per heavy atom. The molecule has 1 aliphatic rings. The fraction of sp³-hybridized carbons (Fsp3) is 0.409. The summed E-state index contributed by atoms with van der Waals surface area (Å²) in [7, 11) is -5.95. The lowest BCUT2D eigenvalue weighted by Gasteiger charge is -2.42. The fourth-order valence-corrected chi connectivity index (χ4v) is 4.76. The van der Waals surface area contributed by atoms with Crippen LogP contribution in [0.15, 0.2) is 42.5 Å². The number of amides is 1. The van der Waals surface area contributed by atoms with Crippen LogP contribution in [-0.4, -0.2) is 31.9 Å². The van der Waals surface area contributed by atoms with Crippen LogP contribution in [0.5, 0.6) is 5.75 Å². The summed E-state index contributed by atoms with van der Waals surface area (Å²) < 4.78 is 105. The Bertz CT molecular complexity index is 1230. The molecule has 198 valence electrons. The molecule has 14 heteroatoms. The molecular weight excluding hydrogens is 538 g/mol. The Labute approximate surface area is 208 Å². The predicted octanol–water partition coefficient (Wildman–Crippen LogP) is 5.59. The Morgan fingerprint density at radius 3 is 2.36 bits per heavy atom. The minimum Gasteiger partial charge on any atom is -0.376 e. The molecule has 0 unspecified atom stereocenters. The summed E-state index contributed by atoms with van der Waals surface area (Å²) in [5, 5.41) is 5.04. The highest BCUT2D eigenvalue weighted by molar-refractivity contribution is 7.88. The lowest BCUT2D eigenvalue weighted by atomic mass is 9.80. The molecule has 0 radical (unpaired) electrons. The number of carbonyl (C=O) groups excluding carboxylic acids is 1. The van der Waals surface area contributed by atoms with E-state index in [1.165, 1.54) is 12.1 Å². The van der Waals surface area contributed by atoms with Crippen LogP contribution in [0.4, 0.5) is 26.3 Å². The molecule has 6 nitrogen and oxygen atoms in total. The number of hydrogen-bond donors (Lipinski definition) is 2. The van der Waals surface area contributed by atoms with Crippen molar-refractivity contribution in [3.8, 4) is 5.75 Å². The molecule has 1 saturated heterocycles. The average Bonchev–Trinajstić information content (AvgIpc) is 2.76. The van der Waals surface area contributed by atoms with Crippen molar-refractivity contribution in [1.29, 1.82) is 0 Å². The molecule has 2 atom stereocenters. The third-order valence-electron chi connectivity index (χ3n) is 5.79. The first-order valence-corrected chi connectivity index (χ1v) is 12.4. The van der Waals surface area contributed by atoms with Gasteiger partial charge >= 0.3 is 21.8 Å². The molecule has 3 rings (SSSR count). The molecule has 0 bridgehead atoms. The van der Waals surface area contributed by atoms with Crippen molar-refractivity contribution in [2.45, 2.75) is 49.5 Å². The third kappa shape index (κ3) is 6.06. The summed E-state index contributed by atoms with van der Waals surface area (Å²) in [6.07, 6.45) is -2.79. The van der Waals surface area contributed by atoms with E-state index in [4.69, 9.17) is 11.6 Å². The highest BCUT2D eigenvalue weighted by Gasteiger charge is 2.48. The number of nitrogens with one attached hydrogen (secondary N) is 2. The van der Waals surface area contributed by atoms with E-state index < -0.39 is 61.2 Å². The van der Waals surface area contributed by atoms with E-state index in [1.54, 1.807) is 6.92 Å². The van der Waals surface area contributed by atoms with Crippen molar-refractivity contribution in [2.75, 3.05) is 6.54 Å². The smallest absolute Gasteiger partial charge is 0.376 e. The maximum Gasteiger partial charge on any atom is 0.534 e. The summed E-state index contributed by atoms with van der Waals surface area (Å²) in [6.45, 7) is 2.26. The predicted molar refractivity (Wildman–Crippen MR) is 119 cm³/mol. The Balaban J connectivity index is 2.01. The standard InChI is InChI=1S/C22H21ClF6N2O4S/c1-20(10-2-3-11-30-20)18(13-6-4-7-14(12-13)35-36(33,34)22(27,28)29)31-19(32)15-8-5-9-16(17(15)23)21(24,25)26/h4-9,12,18,30H,2-3,10-11H2,1H3,(H,31,32)/t18-,20-/m0/s1. The van der Waals surface area contributed by atoms with Crippen LogP contribution in [0.3, 0.4) is 0 Å². The number of rotatable bonds is 6. The molecule has 1 heterocycles. The van der Waals surface area contributed by atoms with E-state index in [-0.39, 0.29) is 5.56 Å². The molecule has 0 spiro atoms. The SMILES string of the molecule is C[C@@]1([C@@H](NC(=O)c2cccc(C(F)(F)F)c2Cl)c2cccc(OS(=O)(=O)C(F)(F)F)c2)CCCCN1. The van der Waals surface area contributed by atoms with E-state index in [0.29, 0.717) is 13.0 Å². The van der Waals surface area contributed by atoms with Crippen molar-refractivity contribution in [2.24, 2.45) is 0 Å². The highest BCUT2D eigenvalue weighted by Crippen LogP contribution is 2.38. The minimum atomic E-state index is -5.95. The van der Waals surface area contributed by atoms with Gasteiger partial charge < -0.3 is 14.8 Å². The van der Waals surface area contributed by atoms with Crippen LogP contribution in [-0.2, 0) is 16.3 Å². The van der Waals surface area contributed by atoms with Gasteiger partial charge in [-0.25, -0.2) is 0 Å². The van der Waals surface area contributed by atoms with Gasteiger partial charge in [0.15, 0.2) is 0 Å². The number of alkyl halides is 6. The van der Waals surface area contributed by atoms with E-state index in [0.717, 1.165) is 43.2 Å². The first-order valence-electron chi connectivity index (χ1n) is 10.6. The molecule has 2 aromatic rings. The van der Waals surface area contributed by atoms with Crippen LogP contribution >= 0.6 is 11.6 Å². The number of benzene rings is 2. The maximum atomic E-state index is 13.3. The topological polar surface area (TPSA) is 84.5 Å². The Kier molecular flexibility index (Phi) is 7.87. The van der Waals surface area contributed by atoms with E-state index in [9.17, 15) is 39.6 Å². The zero-order valence-electron chi connectivity index (χ0n) is 18.6. The van der Waals surface area contributed by atoms with Crippen LogP contribution in [0.25, 0.3) is 0 Å². The average molecular weight is 559 g/mol. The number of halogens is 7. The second kappa shape index (κ2) is 10.1. The Hall–Kier alpha value is -2.51. The quantitative estimate of drug-likeness (QED) is 0.274. The zero-order chi connectivity index (χ0) is 26.9. The van der Waals surface area contributed by atoms with Crippen LogP contribution in [0.2, 0.25) is 5.02 Å². The number of piperidine rings is 1. The number of hydrogen-bond acceptors (Lipinski definition) is 5. The summed E-state index contributed by atoms with van der Waals surface area (Å²) in [4.78, 5) is 13.1. The monoisotopic (exact) mass is 558 g/mol. The van der Waals surface area contributed by atoms with Crippen molar-refractivity contribution in [1.82, 2.24) is 10.6 Å². The summed E-state index contributed by atoms with van der Waals surface area (Å²) in [6, 6.07) is 6.52. The van der Waals surface area contributed by atoms with Gasteiger partial charge in [-0.1, -0.05) is 36.2 Å². The van der Waals surface area contributed by atoms with E-state index >= 15 is 0 Å². The van der Waals surface area contributed by atoms with Gasteiger partial charge in [0, 0.05) is 5.54 Å². The van der Waals surface area contributed by atoms with Crippen LogP contribution < -0.4 is 14.8 Å². The van der Waals surface area contributed by atoms with Gasteiger partial charge in [-0.05, 0) is 56.1 Å². The lowest BCUT2D eigenvalue weighted by Crippen LogP contribution is -2.55. The largest absolute Gasteiger partial charge is 0.534 e. The molecule has 2 aromatic carbocycles. The van der Waals surface area contributed by atoms with Crippen molar-refractivity contribution < 1.29 is 43.7 Å². The molecule has 0 saturated carbocycles.